The van der Waals surface area contributed by atoms with Gasteiger partial charge in [-0.25, -0.2) is 4.98 Å². The number of fused-ring (bicyclic) bond motifs is 1. The molecule has 1 aliphatic rings. The number of hydrogen-bond acceptors (Lipinski definition) is 3. The van der Waals surface area contributed by atoms with E-state index in [1.54, 1.807) is 0 Å². The minimum Gasteiger partial charge on any atom is -0.352 e. The summed E-state index contributed by atoms with van der Waals surface area (Å²) in [7, 11) is 1.98. The third-order valence-corrected chi connectivity index (χ3v) is 4.06. The average Bonchev–Trinajstić information content (AvgIpc) is 2.69. The van der Waals surface area contributed by atoms with E-state index >= 15 is 0 Å². The highest BCUT2D eigenvalue weighted by molar-refractivity contribution is 5.45. The van der Waals surface area contributed by atoms with Crippen molar-refractivity contribution >= 4 is 5.82 Å². The highest BCUT2D eigenvalue weighted by Gasteiger charge is 2.16. The van der Waals surface area contributed by atoms with Gasteiger partial charge in [-0.2, -0.15) is 0 Å². The normalized spacial score (nSPS) is 14.7. The molecular weight excluding hydrogens is 258 g/mol. The van der Waals surface area contributed by atoms with Gasteiger partial charge in [0.15, 0.2) is 0 Å². The SMILES string of the molecule is CNCc1cc(C)nc(N2CCCc3ccccc3C2)c1. The van der Waals surface area contributed by atoms with Crippen LogP contribution in [0, 0.1) is 6.92 Å². The lowest BCUT2D eigenvalue weighted by Crippen LogP contribution is -2.24. The average molecular weight is 281 g/mol. The number of rotatable bonds is 3. The first-order valence-corrected chi connectivity index (χ1v) is 7.70. The lowest BCUT2D eigenvalue weighted by atomic mass is 10.0. The maximum atomic E-state index is 4.75. The van der Waals surface area contributed by atoms with Gasteiger partial charge < -0.3 is 10.2 Å². The molecule has 0 saturated heterocycles. The van der Waals surface area contributed by atoms with Crippen molar-refractivity contribution in [2.75, 3.05) is 18.5 Å². The zero-order chi connectivity index (χ0) is 14.7. The minimum atomic E-state index is 0.890. The van der Waals surface area contributed by atoms with Crippen LogP contribution in [0.3, 0.4) is 0 Å². The van der Waals surface area contributed by atoms with Crippen LogP contribution in [-0.4, -0.2) is 18.6 Å². The second-order valence-electron chi connectivity index (χ2n) is 5.80. The van der Waals surface area contributed by atoms with Crippen LogP contribution in [0.1, 0.15) is 28.8 Å². The van der Waals surface area contributed by atoms with Gasteiger partial charge in [0.1, 0.15) is 5.82 Å². The summed E-state index contributed by atoms with van der Waals surface area (Å²) in [6.07, 6.45) is 2.36. The summed E-state index contributed by atoms with van der Waals surface area (Å²) >= 11 is 0. The molecule has 0 spiro atoms. The van der Waals surface area contributed by atoms with E-state index in [1.165, 1.54) is 29.5 Å². The van der Waals surface area contributed by atoms with Crippen LogP contribution in [0.5, 0.6) is 0 Å². The van der Waals surface area contributed by atoms with Gasteiger partial charge in [-0.15, -0.1) is 0 Å². The molecule has 0 aliphatic carbocycles. The molecule has 0 bridgehead atoms. The quantitative estimate of drug-likeness (QED) is 0.937. The second kappa shape index (κ2) is 6.27. The van der Waals surface area contributed by atoms with Gasteiger partial charge in [0, 0.05) is 25.3 Å². The zero-order valence-electron chi connectivity index (χ0n) is 12.9. The minimum absolute atomic E-state index is 0.890. The Labute approximate surface area is 127 Å². The number of hydrogen-bond donors (Lipinski definition) is 1. The van der Waals surface area contributed by atoms with E-state index < -0.39 is 0 Å². The molecule has 3 rings (SSSR count). The van der Waals surface area contributed by atoms with Crippen LogP contribution in [0.2, 0.25) is 0 Å². The number of aryl methyl sites for hydroxylation is 2. The molecule has 1 aliphatic heterocycles. The van der Waals surface area contributed by atoms with E-state index in [4.69, 9.17) is 4.98 Å². The Hall–Kier alpha value is -1.87. The third kappa shape index (κ3) is 3.24. The van der Waals surface area contributed by atoms with Crippen molar-refractivity contribution in [3.8, 4) is 0 Å². The topological polar surface area (TPSA) is 28.2 Å². The highest BCUT2D eigenvalue weighted by Crippen LogP contribution is 2.23. The summed E-state index contributed by atoms with van der Waals surface area (Å²) in [6, 6.07) is 13.2. The standard InChI is InChI=1S/C18H23N3/c1-14-10-15(12-19-2)11-18(20-14)21-9-5-8-16-6-3-4-7-17(16)13-21/h3-4,6-7,10-11,19H,5,8-9,12-13H2,1-2H3. The van der Waals surface area contributed by atoms with Crippen molar-refractivity contribution in [1.82, 2.24) is 10.3 Å². The van der Waals surface area contributed by atoms with Gasteiger partial charge in [-0.3, -0.25) is 0 Å². The van der Waals surface area contributed by atoms with E-state index in [0.717, 1.165) is 31.1 Å². The molecule has 2 aromatic rings. The van der Waals surface area contributed by atoms with E-state index in [-0.39, 0.29) is 0 Å². The molecule has 3 heteroatoms. The predicted molar refractivity (Wildman–Crippen MR) is 87.6 cm³/mol. The monoisotopic (exact) mass is 281 g/mol. The Morgan fingerprint density at radius 2 is 2.00 bits per heavy atom. The van der Waals surface area contributed by atoms with Gasteiger partial charge in [0.05, 0.1) is 0 Å². The van der Waals surface area contributed by atoms with Crippen molar-refractivity contribution in [1.29, 1.82) is 0 Å². The summed E-state index contributed by atoms with van der Waals surface area (Å²) in [6.45, 7) is 5.00. The van der Waals surface area contributed by atoms with Crippen LogP contribution in [-0.2, 0) is 19.5 Å². The third-order valence-electron chi connectivity index (χ3n) is 4.06. The van der Waals surface area contributed by atoms with Crippen molar-refractivity contribution in [3.63, 3.8) is 0 Å². The fourth-order valence-electron chi connectivity index (χ4n) is 3.09. The molecule has 21 heavy (non-hydrogen) atoms. The summed E-state index contributed by atoms with van der Waals surface area (Å²) in [5.41, 5.74) is 5.32. The molecule has 0 amide bonds. The summed E-state index contributed by atoms with van der Waals surface area (Å²) in [4.78, 5) is 7.17. The fraction of sp³-hybridized carbons (Fsp3) is 0.389. The van der Waals surface area contributed by atoms with Gasteiger partial charge in [-0.05, 0) is 55.6 Å². The zero-order valence-corrected chi connectivity index (χ0v) is 12.9. The lowest BCUT2D eigenvalue weighted by molar-refractivity contribution is 0.748. The fourth-order valence-corrected chi connectivity index (χ4v) is 3.09. The van der Waals surface area contributed by atoms with Crippen LogP contribution < -0.4 is 10.2 Å². The summed E-state index contributed by atoms with van der Waals surface area (Å²) in [5.74, 6) is 1.11. The predicted octanol–water partition coefficient (Wildman–Crippen LogP) is 3.06. The maximum absolute atomic E-state index is 4.75. The summed E-state index contributed by atoms with van der Waals surface area (Å²) < 4.78 is 0. The molecular formula is C18H23N3. The van der Waals surface area contributed by atoms with Crippen molar-refractivity contribution < 1.29 is 0 Å². The number of nitrogens with zero attached hydrogens (tertiary/aromatic N) is 2. The molecule has 1 N–H and O–H groups in total. The van der Waals surface area contributed by atoms with Crippen LogP contribution >= 0.6 is 0 Å². The first-order valence-electron chi connectivity index (χ1n) is 7.70. The van der Waals surface area contributed by atoms with Crippen molar-refractivity contribution in [3.05, 3.63) is 58.8 Å². The molecule has 0 fully saturated rings. The van der Waals surface area contributed by atoms with E-state index in [1.807, 2.05) is 7.05 Å². The van der Waals surface area contributed by atoms with E-state index in [9.17, 15) is 0 Å². The largest absolute Gasteiger partial charge is 0.352 e. The number of nitrogens with one attached hydrogen (secondary N) is 1. The van der Waals surface area contributed by atoms with Crippen LogP contribution in [0.4, 0.5) is 5.82 Å². The van der Waals surface area contributed by atoms with Gasteiger partial charge in [0.2, 0.25) is 0 Å². The number of anilines is 1. The van der Waals surface area contributed by atoms with E-state index in [0.29, 0.717) is 0 Å². The van der Waals surface area contributed by atoms with Crippen molar-refractivity contribution in [2.24, 2.45) is 0 Å². The molecule has 2 heterocycles. The Kier molecular flexibility index (Phi) is 4.20. The molecule has 0 unspecified atom stereocenters. The molecule has 1 aromatic carbocycles. The number of aromatic nitrogens is 1. The van der Waals surface area contributed by atoms with E-state index in [2.05, 4.69) is 53.5 Å². The van der Waals surface area contributed by atoms with Gasteiger partial charge >= 0.3 is 0 Å². The first-order chi connectivity index (χ1) is 10.3. The molecule has 1 aromatic heterocycles. The van der Waals surface area contributed by atoms with Gasteiger partial charge in [-0.1, -0.05) is 24.3 Å². The molecule has 0 atom stereocenters. The Morgan fingerprint density at radius 3 is 2.81 bits per heavy atom. The van der Waals surface area contributed by atoms with Crippen molar-refractivity contribution in [2.45, 2.75) is 32.9 Å². The molecule has 3 nitrogen and oxygen atoms in total. The summed E-state index contributed by atoms with van der Waals surface area (Å²) in [5, 5.41) is 3.22. The number of pyridine rings is 1. The van der Waals surface area contributed by atoms with Crippen LogP contribution in [0.15, 0.2) is 36.4 Å². The molecule has 0 radical (unpaired) electrons. The Balaban J connectivity index is 1.90. The molecule has 110 valence electrons. The second-order valence-corrected chi connectivity index (χ2v) is 5.80. The van der Waals surface area contributed by atoms with Gasteiger partial charge in [0.25, 0.3) is 0 Å². The highest BCUT2D eigenvalue weighted by atomic mass is 15.2. The first kappa shape index (κ1) is 14.1. The maximum Gasteiger partial charge on any atom is 0.129 e. The smallest absolute Gasteiger partial charge is 0.129 e. The molecule has 0 saturated carbocycles. The Morgan fingerprint density at radius 1 is 1.19 bits per heavy atom. The lowest BCUT2D eigenvalue weighted by Gasteiger charge is -2.23. The Bertz CT molecular complexity index is 622. The number of benzene rings is 1. The van der Waals surface area contributed by atoms with Crippen LogP contribution in [0.25, 0.3) is 0 Å².